The van der Waals surface area contributed by atoms with Crippen molar-refractivity contribution in [1.29, 1.82) is 0 Å². The molecule has 5 rings (SSSR count). The topological polar surface area (TPSA) is 25.2 Å². The van der Waals surface area contributed by atoms with E-state index in [1.54, 1.807) is 29.0 Å². The van der Waals surface area contributed by atoms with Crippen LogP contribution in [-0.2, 0) is 0 Å². The molecular weight excluding hydrogens is 402 g/mol. The lowest BCUT2D eigenvalue weighted by Gasteiger charge is -2.24. The smallest absolute Gasteiger partial charge is 0.255 e. The highest BCUT2D eigenvalue weighted by atomic mass is 35.5. The number of hydrogen-bond donors (Lipinski definition) is 0. The molecule has 143 valence electrons. The van der Waals surface area contributed by atoms with Gasteiger partial charge in [-0.1, -0.05) is 46.3 Å². The van der Waals surface area contributed by atoms with Gasteiger partial charge >= 0.3 is 0 Å². The average molecular weight is 420 g/mol. The molecule has 1 aromatic heterocycles. The van der Waals surface area contributed by atoms with E-state index in [1.165, 1.54) is 22.1 Å². The molecule has 0 saturated carbocycles. The quantitative estimate of drug-likeness (QED) is 0.581. The van der Waals surface area contributed by atoms with Crippen molar-refractivity contribution >= 4 is 41.5 Å². The molecule has 0 fully saturated rings. The van der Waals surface area contributed by atoms with E-state index in [0.29, 0.717) is 10.0 Å². The minimum absolute atomic E-state index is 0.0936. The zero-order valence-electron chi connectivity index (χ0n) is 16.0. The second-order valence-electron chi connectivity index (χ2n) is 7.66. The van der Waals surface area contributed by atoms with Gasteiger partial charge in [-0.3, -0.25) is 9.36 Å². The normalized spacial score (nSPS) is 15.8. The van der Waals surface area contributed by atoms with Crippen LogP contribution in [0.25, 0.3) is 22.4 Å². The van der Waals surface area contributed by atoms with Crippen LogP contribution in [0.15, 0.2) is 65.0 Å². The minimum atomic E-state index is -0.0936. The Morgan fingerprint density at radius 1 is 1.00 bits per heavy atom. The molecule has 0 amide bonds. The molecule has 3 heterocycles. The van der Waals surface area contributed by atoms with Gasteiger partial charge < -0.3 is 4.90 Å². The zero-order valence-corrected chi connectivity index (χ0v) is 17.5. The number of likely N-dealkylation sites (N-methyl/N-ethyl adjacent to an activating group) is 1. The van der Waals surface area contributed by atoms with Crippen molar-refractivity contribution in [1.82, 2.24) is 9.47 Å². The van der Waals surface area contributed by atoms with E-state index in [0.717, 1.165) is 36.3 Å². The van der Waals surface area contributed by atoms with Gasteiger partial charge in [-0.05, 0) is 60.5 Å². The molecule has 3 nitrogen and oxygen atoms in total. The Morgan fingerprint density at radius 3 is 2.62 bits per heavy atom. The van der Waals surface area contributed by atoms with Crippen molar-refractivity contribution < 1.29 is 0 Å². The van der Waals surface area contributed by atoms with Gasteiger partial charge in [-0.15, -0.1) is 0 Å². The van der Waals surface area contributed by atoms with Gasteiger partial charge in [0.15, 0.2) is 7.28 Å². The molecule has 0 unspecified atom stereocenters. The molecule has 2 aromatic carbocycles. The first kappa shape index (κ1) is 18.7. The molecule has 0 saturated heterocycles. The van der Waals surface area contributed by atoms with Gasteiger partial charge in [-0.2, -0.15) is 0 Å². The van der Waals surface area contributed by atoms with Gasteiger partial charge in [0.25, 0.3) is 5.56 Å². The van der Waals surface area contributed by atoms with Gasteiger partial charge in [0.1, 0.15) is 0 Å². The second-order valence-corrected chi connectivity index (χ2v) is 8.50. The number of rotatable bonds is 2. The summed E-state index contributed by atoms with van der Waals surface area (Å²) in [6.07, 6.45) is 2.88. The summed E-state index contributed by atoms with van der Waals surface area (Å²) in [5, 5.41) is 1.10. The summed E-state index contributed by atoms with van der Waals surface area (Å²) in [4.78, 5) is 15.2. The predicted octanol–water partition coefficient (Wildman–Crippen LogP) is 4.20. The zero-order chi connectivity index (χ0) is 20.1. The summed E-state index contributed by atoms with van der Waals surface area (Å²) < 4.78 is 1.67. The lowest BCUT2D eigenvalue weighted by atomic mass is 9.66. The first-order valence-electron chi connectivity index (χ1n) is 9.58. The maximum Gasteiger partial charge on any atom is 0.255 e. The summed E-state index contributed by atoms with van der Waals surface area (Å²) in [6.45, 7) is 2.07. The number of halogens is 2. The molecule has 0 aliphatic carbocycles. The van der Waals surface area contributed by atoms with Crippen LogP contribution >= 0.6 is 23.2 Å². The molecule has 6 heteroatoms. The second kappa shape index (κ2) is 7.21. The summed E-state index contributed by atoms with van der Waals surface area (Å²) in [7, 11) is 4.41. The highest BCUT2D eigenvalue weighted by Crippen LogP contribution is 2.31. The molecular formula is C23H18BCl2N2O. The summed E-state index contributed by atoms with van der Waals surface area (Å²) >= 11 is 12.3. The number of hydrogen-bond acceptors (Lipinski definition) is 2. The fraction of sp³-hybridized carbons (Fsp3) is 0.174. The lowest BCUT2D eigenvalue weighted by Crippen LogP contribution is -2.28. The number of nitrogens with zero attached hydrogens (tertiary/aromatic N) is 2. The Balaban J connectivity index is 1.49. The van der Waals surface area contributed by atoms with Crippen LogP contribution in [0.5, 0.6) is 0 Å². The average Bonchev–Trinajstić information content (AvgIpc) is 3.04. The van der Waals surface area contributed by atoms with Crippen molar-refractivity contribution in [3.8, 4) is 16.8 Å². The highest BCUT2D eigenvalue weighted by Gasteiger charge is 2.26. The molecule has 0 bridgehead atoms. The van der Waals surface area contributed by atoms with Crippen molar-refractivity contribution in [2.24, 2.45) is 0 Å². The van der Waals surface area contributed by atoms with Crippen LogP contribution in [0.2, 0.25) is 10.0 Å². The van der Waals surface area contributed by atoms with E-state index in [-0.39, 0.29) is 5.56 Å². The fourth-order valence-electron chi connectivity index (χ4n) is 4.23. The Bertz CT molecular complexity index is 1230. The minimum Gasteiger partial charge on any atom is -0.303 e. The van der Waals surface area contributed by atoms with Crippen LogP contribution in [0.1, 0.15) is 12.0 Å². The van der Waals surface area contributed by atoms with Crippen molar-refractivity contribution in [3.05, 3.63) is 86.2 Å². The summed E-state index contributed by atoms with van der Waals surface area (Å²) in [6, 6.07) is 15.1. The molecule has 0 N–H and O–H groups in total. The Kier molecular flexibility index (Phi) is 4.66. The maximum atomic E-state index is 12.9. The summed E-state index contributed by atoms with van der Waals surface area (Å²) in [5.74, 6) is 0. The van der Waals surface area contributed by atoms with Crippen LogP contribution in [-0.4, -0.2) is 36.9 Å². The molecule has 1 radical (unpaired) electrons. The van der Waals surface area contributed by atoms with Gasteiger partial charge in [0.05, 0.1) is 0 Å². The van der Waals surface area contributed by atoms with Crippen LogP contribution in [0.3, 0.4) is 0 Å². The van der Waals surface area contributed by atoms with Gasteiger partial charge in [-0.25, -0.2) is 0 Å². The number of benzene rings is 2. The number of pyridine rings is 1. The third-order valence-corrected chi connectivity index (χ3v) is 6.25. The van der Waals surface area contributed by atoms with E-state index < -0.39 is 0 Å². The SMILES string of the molecule is CN1CCC2=C([B]c3cc(-n4ccc(-c5ccc(Cl)cc5Cl)cc4=O)ccc32)C1. The Morgan fingerprint density at radius 2 is 1.83 bits per heavy atom. The van der Waals surface area contributed by atoms with E-state index in [2.05, 4.69) is 31.4 Å². The standard InChI is InChI=1S/C23H18BCl2N2O/c1-27-8-7-19-18-5-3-16(12-20(18)24-21(19)13-27)28-9-6-14(10-23(28)29)17-4-2-15(25)11-22(17)26/h2-6,9-12H,7-8,13H2,1H3. The molecule has 2 aliphatic heterocycles. The third-order valence-electron chi connectivity index (χ3n) is 5.70. The van der Waals surface area contributed by atoms with Crippen LogP contribution in [0, 0.1) is 0 Å². The fourth-order valence-corrected chi connectivity index (χ4v) is 4.75. The van der Waals surface area contributed by atoms with E-state index in [1.807, 2.05) is 18.2 Å². The van der Waals surface area contributed by atoms with Gasteiger partial charge in [0.2, 0.25) is 0 Å². The third kappa shape index (κ3) is 3.36. The van der Waals surface area contributed by atoms with E-state index >= 15 is 0 Å². The lowest BCUT2D eigenvalue weighted by molar-refractivity contribution is 0.366. The van der Waals surface area contributed by atoms with Crippen molar-refractivity contribution in [2.75, 3.05) is 20.1 Å². The molecule has 0 atom stereocenters. The monoisotopic (exact) mass is 419 g/mol. The number of aromatic nitrogens is 1. The maximum absolute atomic E-state index is 12.9. The van der Waals surface area contributed by atoms with E-state index in [4.69, 9.17) is 23.2 Å². The Hall–Kier alpha value is -2.27. The molecule has 3 aromatic rings. The Labute approximate surface area is 180 Å². The van der Waals surface area contributed by atoms with Crippen LogP contribution < -0.4 is 11.0 Å². The molecule has 29 heavy (non-hydrogen) atoms. The van der Waals surface area contributed by atoms with Crippen LogP contribution in [0.4, 0.5) is 0 Å². The van der Waals surface area contributed by atoms with E-state index in [9.17, 15) is 4.79 Å². The highest BCUT2D eigenvalue weighted by molar-refractivity contribution is 6.66. The predicted molar refractivity (Wildman–Crippen MR) is 122 cm³/mol. The largest absolute Gasteiger partial charge is 0.303 e. The van der Waals surface area contributed by atoms with Crippen molar-refractivity contribution in [3.63, 3.8) is 0 Å². The first-order valence-corrected chi connectivity index (χ1v) is 10.3. The molecule has 2 aliphatic rings. The first-order chi connectivity index (χ1) is 14.0. The summed E-state index contributed by atoms with van der Waals surface area (Å²) in [5.41, 5.74) is 7.69. The number of fused-ring (bicyclic) bond motifs is 2. The van der Waals surface area contributed by atoms with Gasteiger partial charge in [0, 0.05) is 46.6 Å². The van der Waals surface area contributed by atoms with Crippen molar-refractivity contribution in [2.45, 2.75) is 6.42 Å². The molecule has 0 spiro atoms.